The molecule has 1 aliphatic heterocycles. The quantitative estimate of drug-likeness (QED) is 0.463. The summed E-state index contributed by atoms with van der Waals surface area (Å²) < 4.78 is 12.3. The molecule has 5 nitrogen and oxygen atoms in total. The second-order valence-corrected chi connectivity index (χ2v) is 8.42. The van der Waals surface area contributed by atoms with E-state index in [4.69, 9.17) is 21.7 Å². The molecule has 0 aromatic heterocycles. The van der Waals surface area contributed by atoms with E-state index in [2.05, 4.69) is 35.1 Å². The van der Waals surface area contributed by atoms with Gasteiger partial charge in [-0.15, -0.1) is 0 Å². The van der Waals surface area contributed by atoms with E-state index in [-0.39, 0.29) is 5.91 Å². The lowest BCUT2D eigenvalue weighted by Crippen LogP contribution is -2.33. The third-order valence-electron chi connectivity index (χ3n) is 4.32. The molecule has 1 heterocycles. The number of thiocarbonyl (C=S) groups is 1. The molecule has 1 N–H and O–H groups in total. The molecule has 2 aromatic rings. The van der Waals surface area contributed by atoms with Crippen LogP contribution in [-0.2, 0) is 11.4 Å². The first-order valence-electron chi connectivity index (χ1n) is 9.27. The number of nitrogens with zero attached hydrogens (tertiary/aromatic N) is 1. The van der Waals surface area contributed by atoms with E-state index in [0.29, 0.717) is 29.9 Å². The Bertz CT molecular complexity index is 959. The second kappa shape index (κ2) is 9.41. The number of hydrogen-bond acceptors (Lipinski definition) is 4. The molecule has 0 aliphatic carbocycles. The van der Waals surface area contributed by atoms with Crippen LogP contribution in [0, 0.1) is 5.92 Å². The molecule has 152 valence electrons. The molecule has 1 saturated heterocycles. The van der Waals surface area contributed by atoms with E-state index in [0.717, 1.165) is 27.1 Å². The largest absolute Gasteiger partial charge is 0.496 e. The molecule has 1 amide bonds. The minimum absolute atomic E-state index is 0.105. The van der Waals surface area contributed by atoms with Gasteiger partial charge in [0.05, 0.1) is 7.11 Å². The zero-order chi connectivity index (χ0) is 21.0. The Morgan fingerprint density at radius 1 is 1.24 bits per heavy atom. The van der Waals surface area contributed by atoms with Crippen LogP contribution in [0.25, 0.3) is 6.08 Å². The maximum absolute atomic E-state index is 12.7. The van der Waals surface area contributed by atoms with Crippen molar-refractivity contribution in [1.82, 2.24) is 10.2 Å². The van der Waals surface area contributed by atoms with Crippen molar-refractivity contribution >= 4 is 45.2 Å². The van der Waals surface area contributed by atoms with Crippen molar-refractivity contribution in [2.75, 3.05) is 13.7 Å². The van der Waals surface area contributed by atoms with Crippen molar-refractivity contribution in [3.05, 3.63) is 63.8 Å². The minimum atomic E-state index is -0.105. The molecule has 1 fully saturated rings. The zero-order valence-corrected chi connectivity index (χ0v) is 19.0. The second-order valence-electron chi connectivity index (χ2n) is 7.12. The van der Waals surface area contributed by atoms with Gasteiger partial charge in [0.25, 0.3) is 5.91 Å². The highest BCUT2D eigenvalue weighted by molar-refractivity contribution is 9.10. The Morgan fingerprint density at radius 3 is 2.72 bits per heavy atom. The monoisotopic (exact) mass is 474 g/mol. The number of carbonyl (C=O) groups excluding carboxylic acids is 1. The summed E-state index contributed by atoms with van der Waals surface area (Å²) in [7, 11) is 1.63. The lowest BCUT2D eigenvalue weighted by molar-refractivity contribution is -0.122. The number of hydrogen-bond donors (Lipinski definition) is 1. The third-order valence-corrected chi connectivity index (χ3v) is 5.13. The van der Waals surface area contributed by atoms with Crippen LogP contribution in [0.4, 0.5) is 0 Å². The average molecular weight is 475 g/mol. The molecule has 0 unspecified atom stereocenters. The number of benzene rings is 2. The van der Waals surface area contributed by atoms with Gasteiger partial charge in [-0.3, -0.25) is 9.69 Å². The van der Waals surface area contributed by atoms with Crippen LogP contribution >= 0.6 is 28.1 Å². The first-order chi connectivity index (χ1) is 13.9. The molecular formula is C22H23BrN2O3S. The highest BCUT2D eigenvalue weighted by atomic mass is 79.9. The molecular weight excluding hydrogens is 452 g/mol. The Morgan fingerprint density at radius 2 is 2.03 bits per heavy atom. The van der Waals surface area contributed by atoms with Crippen LogP contribution in [0.5, 0.6) is 11.5 Å². The summed E-state index contributed by atoms with van der Waals surface area (Å²) >= 11 is 8.75. The zero-order valence-electron chi connectivity index (χ0n) is 16.6. The van der Waals surface area contributed by atoms with E-state index < -0.39 is 0 Å². The standard InChI is InChI=1S/C22H23BrN2O3S/c1-14(2)12-25-21(26)19(24-22(25)29)10-15-7-8-20(27-3)16(9-15)13-28-18-6-4-5-17(23)11-18/h4-11,14H,12-13H2,1-3H3,(H,24,29)/b19-10+. The highest BCUT2D eigenvalue weighted by Gasteiger charge is 2.30. The smallest absolute Gasteiger partial charge is 0.276 e. The molecule has 3 rings (SSSR count). The highest BCUT2D eigenvalue weighted by Crippen LogP contribution is 2.25. The molecule has 0 radical (unpaired) electrons. The van der Waals surface area contributed by atoms with Crippen LogP contribution in [0.3, 0.4) is 0 Å². The predicted molar refractivity (Wildman–Crippen MR) is 122 cm³/mol. The topological polar surface area (TPSA) is 50.8 Å². The number of methoxy groups -OCH3 is 1. The summed E-state index contributed by atoms with van der Waals surface area (Å²) in [5.74, 6) is 1.71. The molecule has 0 spiro atoms. The van der Waals surface area contributed by atoms with Crippen LogP contribution in [-0.4, -0.2) is 29.6 Å². The van der Waals surface area contributed by atoms with Crippen molar-refractivity contribution < 1.29 is 14.3 Å². The van der Waals surface area contributed by atoms with Crippen molar-refractivity contribution in [1.29, 1.82) is 0 Å². The molecule has 29 heavy (non-hydrogen) atoms. The summed E-state index contributed by atoms with van der Waals surface area (Å²) in [6.45, 7) is 5.05. The van der Waals surface area contributed by atoms with Gasteiger partial charge in [0.15, 0.2) is 5.11 Å². The van der Waals surface area contributed by atoms with Gasteiger partial charge in [-0.05, 0) is 60.1 Å². The molecule has 7 heteroatoms. The predicted octanol–water partition coefficient (Wildman–Crippen LogP) is 4.75. The summed E-state index contributed by atoms with van der Waals surface area (Å²) in [4.78, 5) is 14.3. The summed E-state index contributed by atoms with van der Waals surface area (Å²) in [5, 5.41) is 3.47. The van der Waals surface area contributed by atoms with Crippen LogP contribution < -0.4 is 14.8 Å². The van der Waals surface area contributed by atoms with E-state index in [1.165, 1.54) is 0 Å². The Hall–Kier alpha value is -2.38. The van der Waals surface area contributed by atoms with Gasteiger partial charge in [-0.2, -0.15) is 0 Å². The number of nitrogens with one attached hydrogen (secondary N) is 1. The van der Waals surface area contributed by atoms with Gasteiger partial charge in [-0.25, -0.2) is 0 Å². The fourth-order valence-corrected chi connectivity index (χ4v) is 3.63. The fraction of sp³-hybridized carbons (Fsp3) is 0.273. The van der Waals surface area contributed by atoms with Gasteiger partial charge in [0, 0.05) is 16.6 Å². The Labute approximate surface area is 184 Å². The van der Waals surface area contributed by atoms with Gasteiger partial charge in [0.1, 0.15) is 23.8 Å². The molecule has 0 bridgehead atoms. The van der Waals surface area contributed by atoms with E-state index in [1.807, 2.05) is 42.5 Å². The van der Waals surface area contributed by atoms with E-state index in [1.54, 1.807) is 18.1 Å². The number of ether oxygens (including phenoxy) is 2. The third kappa shape index (κ3) is 5.36. The van der Waals surface area contributed by atoms with Gasteiger partial charge >= 0.3 is 0 Å². The summed E-state index contributed by atoms with van der Waals surface area (Å²) in [5.41, 5.74) is 2.22. The van der Waals surface area contributed by atoms with Crippen LogP contribution in [0.2, 0.25) is 0 Å². The summed E-state index contributed by atoms with van der Waals surface area (Å²) in [6.07, 6.45) is 1.80. The van der Waals surface area contributed by atoms with Gasteiger partial charge < -0.3 is 14.8 Å². The minimum Gasteiger partial charge on any atom is -0.496 e. The number of carbonyl (C=O) groups is 1. The van der Waals surface area contributed by atoms with Gasteiger partial charge in [0.2, 0.25) is 0 Å². The van der Waals surface area contributed by atoms with E-state index in [9.17, 15) is 4.79 Å². The first-order valence-corrected chi connectivity index (χ1v) is 10.5. The fourth-order valence-electron chi connectivity index (χ4n) is 2.99. The Kier molecular flexibility index (Phi) is 6.92. The van der Waals surface area contributed by atoms with Crippen molar-refractivity contribution in [3.8, 4) is 11.5 Å². The molecule has 0 atom stereocenters. The number of halogens is 1. The van der Waals surface area contributed by atoms with E-state index >= 15 is 0 Å². The first kappa shape index (κ1) is 21.3. The van der Waals surface area contributed by atoms with Crippen LogP contribution in [0.1, 0.15) is 25.0 Å². The lowest BCUT2D eigenvalue weighted by Gasteiger charge is -2.16. The van der Waals surface area contributed by atoms with Crippen LogP contribution in [0.15, 0.2) is 52.6 Å². The Balaban J connectivity index is 1.80. The average Bonchev–Trinajstić information content (AvgIpc) is 2.93. The molecule has 2 aromatic carbocycles. The van der Waals surface area contributed by atoms with Crippen molar-refractivity contribution in [2.24, 2.45) is 5.92 Å². The number of amides is 1. The molecule has 0 saturated carbocycles. The van der Waals surface area contributed by atoms with Crippen molar-refractivity contribution in [2.45, 2.75) is 20.5 Å². The number of rotatable bonds is 7. The summed E-state index contributed by atoms with van der Waals surface area (Å²) in [6, 6.07) is 13.4. The van der Waals surface area contributed by atoms with Crippen molar-refractivity contribution in [3.63, 3.8) is 0 Å². The molecule has 1 aliphatic rings. The normalized spacial score (nSPS) is 15.2. The van der Waals surface area contributed by atoms with Gasteiger partial charge in [-0.1, -0.05) is 41.9 Å². The maximum atomic E-state index is 12.7. The maximum Gasteiger partial charge on any atom is 0.276 e. The SMILES string of the molecule is COc1ccc(/C=C2/NC(=S)N(CC(C)C)C2=O)cc1COc1cccc(Br)c1. The lowest BCUT2D eigenvalue weighted by atomic mass is 10.1.